The zero-order valence-electron chi connectivity index (χ0n) is 19.0. The molecule has 0 fully saturated rings. The summed E-state index contributed by atoms with van der Waals surface area (Å²) in [4.78, 5) is 28.9. The molecule has 0 aliphatic heterocycles. The predicted molar refractivity (Wildman–Crippen MR) is 127 cm³/mol. The molecule has 1 heterocycles. The molecule has 5 nitrogen and oxygen atoms in total. The van der Waals surface area contributed by atoms with E-state index in [1.54, 1.807) is 19.5 Å². The number of methoxy groups -OCH3 is 1. The smallest absolute Gasteiger partial charge is 0.220 e. The molecule has 0 saturated heterocycles. The number of carbonyl (C=O) groups is 2. The Labute approximate surface area is 189 Å². The Morgan fingerprint density at radius 2 is 1.81 bits per heavy atom. The van der Waals surface area contributed by atoms with E-state index in [0.717, 1.165) is 46.4 Å². The maximum Gasteiger partial charge on any atom is 0.220 e. The van der Waals surface area contributed by atoms with E-state index in [1.807, 2.05) is 49.4 Å². The number of rotatable bonds is 10. The van der Waals surface area contributed by atoms with Gasteiger partial charge in [0.25, 0.3) is 0 Å². The van der Waals surface area contributed by atoms with E-state index in [1.165, 1.54) is 0 Å². The van der Waals surface area contributed by atoms with Gasteiger partial charge in [0.1, 0.15) is 5.75 Å². The summed E-state index contributed by atoms with van der Waals surface area (Å²) in [5.41, 5.74) is 5.96. The normalized spacial score (nSPS) is 10.6. The number of ketones is 1. The number of nitrogens with zero attached hydrogens (tertiary/aromatic N) is 1. The van der Waals surface area contributed by atoms with Crippen LogP contribution in [-0.2, 0) is 17.6 Å². The Kier molecular flexibility index (Phi) is 8.14. The van der Waals surface area contributed by atoms with E-state index in [4.69, 9.17) is 4.74 Å². The monoisotopic (exact) mass is 430 g/mol. The van der Waals surface area contributed by atoms with Gasteiger partial charge < -0.3 is 10.1 Å². The van der Waals surface area contributed by atoms with E-state index in [0.29, 0.717) is 12.1 Å². The second-order valence-electron chi connectivity index (χ2n) is 7.79. The van der Waals surface area contributed by atoms with E-state index in [-0.39, 0.29) is 24.5 Å². The Morgan fingerprint density at radius 3 is 2.50 bits per heavy atom. The standard InChI is InChI=1S/C27H30N2O3/c1-4-21-17-23(8-11-26(21)32-3)22-7-9-24(19(2)16-22)25(30)10-12-27(31)29-15-13-20-6-5-14-28-18-20/h5-9,11,14,16-18H,4,10,12-13,15H2,1-3H3,(H,29,31). The third kappa shape index (κ3) is 6.03. The number of ether oxygens (including phenoxy) is 1. The first-order chi connectivity index (χ1) is 15.5. The molecule has 166 valence electrons. The Balaban J connectivity index is 1.56. The number of hydrogen-bond donors (Lipinski definition) is 1. The van der Waals surface area contributed by atoms with Crippen molar-refractivity contribution in [2.45, 2.75) is 39.5 Å². The van der Waals surface area contributed by atoms with Gasteiger partial charge in [0.15, 0.2) is 5.78 Å². The van der Waals surface area contributed by atoms with Crippen LogP contribution in [0.15, 0.2) is 60.9 Å². The van der Waals surface area contributed by atoms with Crippen molar-refractivity contribution in [3.05, 3.63) is 83.2 Å². The molecule has 0 radical (unpaired) electrons. The molecule has 0 aliphatic rings. The Bertz CT molecular complexity index is 1080. The molecule has 0 aliphatic carbocycles. The molecule has 2 aromatic carbocycles. The van der Waals surface area contributed by atoms with E-state index >= 15 is 0 Å². The number of carbonyl (C=O) groups excluding carboxylic acids is 2. The summed E-state index contributed by atoms with van der Waals surface area (Å²) in [6.07, 6.45) is 5.50. The molecule has 32 heavy (non-hydrogen) atoms. The van der Waals surface area contributed by atoms with Crippen LogP contribution in [0.5, 0.6) is 5.75 Å². The molecule has 1 N–H and O–H groups in total. The number of nitrogens with one attached hydrogen (secondary N) is 1. The first-order valence-electron chi connectivity index (χ1n) is 11.0. The Hall–Kier alpha value is -3.47. The van der Waals surface area contributed by atoms with Crippen LogP contribution in [0, 0.1) is 6.92 Å². The maximum absolute atomic E-state index is 12.7. The van der Waals surface area contributed by atoms with E-state index in [2.05, 4.69) is 23.3 Å². The van der Waals surface area contributed by atoms with Gasteiger partial charge in [-0.2, -0.15) is 0 Å². The van der Waals surface area contributed by atoms with Crippen molar-refractivity contribution >= 4 is 11.7 Å². The van der Waals surface area contributed by atoms with Crippen LogP contribution < -0.4 is 10.1 Å². The van der Waals surface area contributed by atoms with Gasteiger partial charge in [-0.05, 0) is 65.8 Å². The van der Waals surface area contributed by atoms with Gasteiger partial charge in [-0.1, -0.05) is 37.3 Å². The molecular weight excluding hydrogens is 400 g/mol. The van der Waals surface area contributed by atoms with Gasteiger partial charge >= 0.3 is 0 Å². The largest absolute Gasteiger partial charge is 0.496 e. The topological polar surface area (TPSA) is 68.3 Å². The zero-order chi connectivity index (χ0) is 22.9. The van der Waals surface area contributed by atoms with Gasteiger partial charge in [-0.15, -0.1) is 0 Å². The van der Waals surface area contributed by atoms with Crippen LogP contribution in [0.3, 0.4) is 0 Å². The number of pyridine rings is 1. The summed E-state index contributed by atoms with van der Waals surface area (Å²) in [7, 11) is 1.68. The lowest BCUT2D eigenvalue weighted by molar-refractivity contribution is -0.121. The summed E-state index contributed by atoms with van der Waals surface area (Å²) >= 11 is 0. The van der Waals surface area contributed by atoms with Gasteiger partial charge in [0.05, 0.1) is 7.11 Å². The van der Waals surface area contributed by atoms with Crippen LogP contribution in [0.1, 0.15) is 46.8 Å². The minimum absolute atomic E-state index is 0.0135. The summed E-state index contributed by atoms with van der Waals surface area (Å²) in [5, 5.41) is 2.87. The SMILES string of the molecule is CCc1cc(-c2ccc(C(=O)CCC(=O)NCCc3cccnc3)c(C)c2)ccc1OC. The first kappa shape index (κ1) is 23.2. The maximum atomic E-state index is 12.7. The van der Waals surface area contributed by atoms with Crippen LogP contribution in [0.4, 0.5) is 0 Å². The van der Waals surface area contributed by atoms with Crippen molar-refractivity contribution in [2.75, 3.05) is 13.7 Å². The lowest BCUT2D eigenvalue weighted by Gasteiger charge is -2.12. The molecule has 3 rings (SSSR count). The zero-order valence-corrected chi connectivity index (χ0v) is 19.0. The number of benzene rings is 2. The molecule has 1 amide bonds. The van der Waals surface area contributed by atoms with Crippen molar-refractivity contribution in [3.8, 4) is 16.9 Å². The van der Waals surface area contributed by atoms with Crippen LogP contribution in [0.2, 0.25) is 0 Å². The highest BCUT2D eigenvalue weighted by atomic mass is 16.5. The lowest BCUT2D eigenvalue weighted by atomic mass is 9.95. The minimum atomic E-state index is -0.109. The quantitative estimate of drug-likeness (QED) is 0.462. The van der Waals surface area contributed by atoms with Crippen molar-refractivity contribution in [2.24, 2.45) is 0 Å². The molecule has 5 heteroatoms. The average molecular weight is 431 g/mol. The molecule has 1 aromatic heterocycles. The van der Waals surface area contributed by atoms with Crippen LogP contribution in [-0.4, -0.2) is 30.3 Å². The number of hydrogen-bond acceptors (Lipinski definition) is 4. The van der Waals surface area contributed by atoms with Gasteiger partial charge in [0.2, 0.25) is 5.91 Å². The second kappa shape index (κ2) is 11.2. The van der Waals surface area contributed by atoms with Crippen molar-refractivity contribution in [3.63, 3.8) is 0 Å². The van der Waals surface area contributed by atoms with Gasteiger partial charge in [-0.25, -0.2) is 0 Å². The highest BCUT2D eigenvalue weighted by Gasteiger charge is 2.13. The molecule has 0 bridgehead atoms. The molecule has 0 unspecified atom stereocenters. The van der Waals surface area contributed by atoms with Gasteiger partial charge in [0, 0.05) is 37.3 Å². The second-order valence-corrected chi connectivity index (χ2v) is 7.79. The minimum Gasteiger partial charge on any atom is -0.496 e. The summed E-state index contributed by atoms with van der Waals surface area (Å²) in [6.45, 7) is 4.58. The number of aromatic nitrogens is 1. The van der Waals surface area contributed by atoms with Gasteiger partial charge in [-0.3, -0.25) is 14.6 Å². The van der Waals surface area contributed by atoms with Crippen molar-refractivity contribution in [1.82, 2.24) is 10.3 Å². The molecule has 0 spiro atoms. The molecule has 0 saturated carbocycles. The average Bonchev–Trinajstić information content (AvgIpc) is 2.82. The highest BCUT2D eigenvalue weighted by molar-refractivity contribution is 5.99. The fourth-order valence-corrected chi connectivity index (χ4v) is 3.73. The number of amides is 1. The third-order valence-corrected chi connectivity index (χ3v) is 5.56. The summed E-state index contributed by atoms with van der Waals surface area (Å²) in [5.74, 6) is 0.765. The fourth-order valence-electron chi connectivity index (χ4n) is 3.73. The summed E-state index contributed by atoms with van der Waals surface area (Å²) < 4.78 is 5.41. The fraction of sp³-hybridized carbons (Fsp3) is 0.296. The number of Topliss-reactive ketones (excluding diaryl/α,β-unsaturated/α-hetero) is 1. The first-order valence-corrected chi connectivity index (χ1v) is 11.0. The predicted octanol–water partition coefficient (Wildman–Crippen LogP) is 4.95. The van der Waals surface area contributed by atoms with E-state index in [9.17, 15) is 9.59 Å². The Morgan fingerprint density at radius 1 is 1.03 bits per heavy atom. The lowest BCUT2D eigenvalue weighted by Crippen LogP contribution is -2.26. The molecule has 3 aromatic rings. The highest BCUT2D eigenvalue weighted by Crippen LogP contribution is 2.28. The number of aryl methyl sites for hydroxylation is 2. The molecule has 0 atom stereocenters. The molecular formula is C27H30N2O3. The van der Waals surface area contributed by atoms with Crippen LogP contribution >= 0.6 is 0 Å². The third-order valence-electron chi connectivity index (χ3n) is 5.56. The van der Waals surface area contributed by atoms with Crippen molar-refractivity contribution < 1.29 is 14.3 Å². The van der Waals surface area contributed by atoms with Crippen molar-refractivity contribution in [1.29, 1.82) is 0 Å². The van der Waals surface area contributed by atoms with E-state index < -0.39 is 0 Å². The summed E-state index contributed by atoms with van der Waals surface area (Å²) in [6, 6.07) is 15.9. The van der Waals surface area contributed by atoms with Crippen LogP contribution in [0.25, 0.3) is 11.1 Å².